The highest BCUT2D eigenvalue weighted by molar-refractivity contribution is 6.39. The van der Waals surface area contributed by atoms with Crippen LogP contribution in [-0.2, 0) is 54.2 Å². The summed E-state index contributed by atoms with van der Waals surface area (Å²) < 4.78 is 30.0. The zero-order valence-electron chi connectivity index (χ0n) is 50.1. The van der Waals surface area contributed by atoms with Gasteiger partial charge in [-0.15, -0.1) is 0 Å². The van der Waals surface area contributed by atoms with Gasteiger partial charge in [-0.3, -0.25) is 19.2 Å². The highest BCUT2D eigenvalue weighted by atomic mass is 16.6. The predicted octanol–water partition coefficient (Wildman–Crippen LogP) is 4.40. The molecule has 1 saturated carbocycles. The molecule has 1 aromatic rings. The Morgan fingerprint density at radius 3 is 2.22 bits per heavy atom. The first kappa shape index (κ1) is 66.7. The number of aliphatic hydroxyl groups excluding tert-OH is 3. The van der Waals surface area contributed by atoms with Crippen molar-refractivity contribution < 1.29 is 72.9 Å². The number of aromatic nitrogens is 2. The number of alkyl carbamates (subject to hydrolysis) is 1. The average Bonchev–Trinajstić information content (AvgIpc) is 3.65. The van der Waals surface area contributed by atoms with E-state index < -0.39 is 114 Å². The van der Waals surface area contributed by atoms with E-state index in [1.54, 1.807) is 65.1 Å². The fraction of sp³-hybridized carbons (Fsp3) is 0.705. The van der Waals surface area contributed by atoms with Crippen LogP contribution >= 0.6 is 0 Å². The molecule has 1 aromatic heterocycles. The van der Waals surface area contributed by atoms with E-state index in [1.807, 2.05) is 49.1 Å². The molecule has 0 unspecified atom stereocenters. The van der Waals surface area contributed by atoms with Gasteiger partial charge >= 0.3 is 12.1 Å². The highest BCUT2D eigenvalue weighted by Gasteiger charge is 2.53. The molecular weight excluding hydrogens is 1070 g/mol. The van der Waals surface area contributed by atoms with Crippen molar-refractivity contribution in [2.45, 2.75) is 199 Å². The minimum atomic E-state index is -2.49. The average molecular weight is 1160 g/mol. The Bertz CT molecular complexity index is 2480. The van der Waals surface area contributed by atoms with Gasteiger partial charge in [-0.25, -0.2) is 19.6 Å². The number of ketones is 2. The summed E-state index contributed by atoms with van der Waals surface area (Å²) in [5, 5.41) is 49.1. The molecule has 2 bridgehead atoms. The Kier molecular flexibility index (Phi) is 25.0. The summed E-state index contributed by atoms with van der Waals surface area (Å²) in [4.78, 5) is 95.6. The second kappa shape index (κ2) is 31.1. The van der Waals surface area contributed by atoms with Crippen LogP contribution in [0.4, 0.5) is 10.7 Å². The first-order valence-corrected chi connectivity index (χ1v) is 29.7. The zero-order valence-corrected chi connectivity index (χ0v) is 50.1. The van der Waals surface area contributed by atoms with Crippen LogP contribution in [0.5, 0.6) is 0 Å². The van der Waals surface area contributed by atoms with Gasteiger partial charge in [0.15, 0.2) is 5.78 Å². The Morgan fingerprint density at radius 2 is 1.54 bits per heavy atom. The van der Waals surface area contributed by atoms with Gasteiger partial charge in [0.05, 0.1) is 24.4 Å². The fourth-order valence-corrected chi connectivity index (χ4v) is 12.1. The number of esters is 1. The molecule has 6 rings (SSSR count). The van der Waals surface area contributed by atoms with Crippen LogP contribution in [0.15, 0.2) is 60.0 Å². The molecule has 7 N–H and O–H groups in total. The summed E-state index contributed by atoms with van der Waals surface area (Å²) in [5.74, 6) is -7.82. The first-order chi connectivity index (χ1) is 39.4. The molecule has 22 heteroatoms. The Morgan fingerprint density at radius 1 is 0.831 bits per heavy atom. The number of nitrogens with two attached hydrogens (primary N) is 1. The highest BCUT2D eigenvalue weighted by Crippen LogP contribution is 2.38. The molecule has 3 saturated heterocycles. The first-order valence-electron chi connectivity index (χ1n) is 29.7. The molecule has 22 nitrogen and oxygen atoms in total. The van der Waals surface area contributed by atoms with E-state index in [1.165, 1.54) is 7.11 Å². The monoisotopic (exact) mass is 1160 g/mol. The van der Waals surface area contributed by atoms with Crippen molar-refractivity contribution >= 4 is 41.4 Å². The Balaban J connectivity index is 1.18. The molecule has 16 atom stereocenters. The molecular formula is C61H93N7O15. The number of nitrogens with zero attached hydrogens (tertiary/aromatic N) is 5. The van der Waals surface area contributed by atoms with E-state index in [0.717, 1.165) is 10.5 Å². The molecule has 0 spiro atoms. The number of piperidine rings is 1. The number of carbonyl (C=O) groups excluding carboxylic acids is 6. The predicted molar refractivity (Wildman–Crippen MR) is 308 cm³/mol. The van der Waals surface area contributed by atoms with Crippen LogP contribution in [-0.4, -0.2) is 189 Å². The normalized spacial score (nSPS) is 36.0. The zero-order chi connectivity index (χ0) is 60.7. The molecule has 4 fully saturated rings. The van der Waals surface area contributed by atoms with Crippen molar-refractivity contribution in [3.8, 4) is 0 Å². The second-order valence-electron chi connectivity index (χ2n) is 23.9. The van der Waals surface area contributed by atoms with Gasteiger partial charge in [0.1, 0.15) is 30.5 Å². The number of amides is 3. The summed E-state index contributed by atoms with van der Waals surface area (Å²) >= 11 is 0. The maximum atomic E-state index is 14.6. The molecule has 4 aliphatic heterocycles. The van der Waals surface area contributed by atoms with Gasteiger partial charge in [-0.05, 0) is 101 Å². The van der Waals surface area contributed by atoms with Gasteiger partial charge in [-0.2, -0.15) is 0 Å². The van der Waals surface area contributed by atoms with Gasteiger partial charge in [-0.1, -0.05) is 64.2 Å². The summed E-state index contributed by atoms with van der Waals surface area (Å²) in [7, 11) is 3.08. The number of Topliss-reactive ketones (excluding diaryl/α,β-unsaturated/α-hetero) is 2. The topological polar surface area (TPSA) is 303 Å². The number of aliphatic hydroxyl groups is 4. The quantitative estimate of drug-likeness (QED) is 0.113. The maximum absolute atomic E-state index is 14.6. The molecule has 5 heterocycles. The molecule has 0 aromatic carbocycles. The van der Waals surface area contributed by atoms with E-state index in [4.69, 9.17) is 29.4 Å². The van der Waals surface area contributed by atoms with E-state index in [-0.39, 0.29) is 62.1 Å². The van der Waals surface area contributed by atoms with Crippen LogP contribution in [0.1, 0.15) is 131 Å². The number of hydrogen-bond acceptors (Lipinski definition) is 19. The molecule has 83 heavy (non-hydrogen) atoms. The van der Waals surface area contributed by atoms with Gasteiger partial charge in [0.25, 0.3) is 11.7 Å². The SMILES string of the molecule is CO[C@H]1C[C@@H]2CC[C@@H](C)[C@@](O)(O2)C(=O)C(=O)N2CCCC[C@H]2C(=O)O[C@H]([C@H](N)C[C@@H]2CC[C@@H](OC(=O)NCc3cnc(N4CCN(C(C)=O)CC4)nc3)[C@H](OC)C2)C[C@@H](O)[C@H](C)/C=C(\C)[C@@H](O)[C@@H](O)C(=O)[C@H](C)C[C@H](C)/C=C/C=C/C=C/1C. The number of piperazine rings is 1. The third-order valence-electron chi connectivity index (χ3n) is 17.5. The lowest BCUT2D eigenvalue weighted by Gasteiger charge is -2.42. The number of nitrogens with one attached hydrogen (secondary N) is 1. The number of anilines is 1. The molecule has 1 aliphatic carbocycles. The lowest BCUT2D eigenvalue weighted by atomic mass is 9.80. The number of ether oxygens (including phenoxy) is 5. The summed E-state index contributed by atoms with van der Waals surface area (Å²) in [5.41, 5.74) is 8.77. The van der Waals surface area contributed by atoms with E-state index in [9.17, 15) is 49.2 Å². The lowest BCUT2D eigenvalue weighted by Crippen LogP contribution is -2.61. The molecule has 0 radical (unpaired) electrons. The maximum Gasteiger partial charge on any atom is 0.407 e. The second-order valence-corrected chi connectivity index (χ2v) is 23.9. The number of fused-ring (bicyclic) bond motifs is 3. The third kappa shape index (κ3) is 18.0. The number of cyclic esters (lactones) is 1. The van der Waals surface area contributed by atoms with E-state index in [2.05, 4.69) is 15.3 Å². The van der Waals surface area contributed by atoms with Crippen LogP contribution in [0.3, 0.4) is 0 Å². The standard InChI is InChI=1S/C61H93N7O15/c1-36-15-11-10-12-16-37(2)50(79-8)31-45-20-18-41(6)61(78,83-45)56(74)57(75)68-22-14-13-17-47(68)58(76)81-51(32-48(70)38(3)28-40(5)54(72)55(73)53(71)39(4)27-36)46(62)29-43-19-21-49(52(30-43)80-9)82-60(77)65-35-44-33-63-59(64-34-44)67-25-23-66(24-26-67)42(7)69/h10-12,15-16,28,33-34,36,38-39,41,43,45-52,54-55,70,72-73,78H,13-14,17-27,29-32,35,62H2,1-9H3,(H,65,77)/b12-10+,15-11+,37-16+,40-28+/t36-,38-,39-,41-,43+,45+,46-,47+,48-,49-,50+,51+,52-,54-,55+,61-/m1/s1. The Hall–Kier alpha value is -5.46. The van der Waals surface area contributed by atoms with Crippen molar-refractivity contribution in [2.75, 3.05) is 51.8 Å². The van der Waals surface area contributed by atoms with Crippen molar-refractivity contribution in [3.05, 3.63) is 65.6 Å². The smallest absolute Gasteiger partial charge is 0.407 e. The van der Waals surface area contributed by atoms with E-state index in [0.29, 0.717) is 89.1 Å². The van der Waals surface area contributed by atoms with Crippen LogP contribution in [0.2, 0.25) is 0 Å². The van der Waals surface area contributed by atoms with Gasteiger partial charge in [0.2, 0.25) is 17.6 Å². The van der Waals surface area contributed by atoms with Gasteiger partial charge < -0.3 is 69.9 Å². The summed E-state index contributed by atoms with van der Waals surface area (Å²) in [6.45, 7) is 14.5. The number of hydrogen-bond donors (Lipinski definition) is 6. The van der Waals surface area contributed by atoms with Crippen molar-refractivity contribution in [1.82, 2.24) is 25.1 Å². The number of methoxy groups -OCH3 is 2. The molecule has 5 aliphatic rings. The largest absolute Gasteiger partial charge is 0.459 e. The van der Waals surface area contributed by atoms with E-state index >= 15 is 0 Å². The number of rotatable bonds is 9. The summed E-state index contributed by atoms with van der Waals surface area (Å²) in [6.07, 6.45) is 9.73. The van der Waals surface area contributed by atoms with Crippen molar-refractivity contribution in [1.29, 1.82) is 0 Å². The molecule has 462 valence electrons. The minimum Gasteiger partial charge on any atom is -0.459 e. The number of carbonyl (C=O) groups is 6. The molecule has 3 amide bonds. The third-order valence-corrected chi connectivity index (χ3v) is 17.5. The summed E-state index contributed by atoms with van der Waals surface area (Å²) in [6, 6.07) is -2.13. The van der Waals surface area contributed by atoms with Crippen LogP contribution < -0.4 is 16.0 Å². The fourth-order valence-electron chi connectivity index (χ4n) is 12.1. The van der Waals surface area contributed by atoms with Crippen molar-refractivity contribution in [2.24, 2.45) is 35.3 Å². The van der Waals surface area contributed by atoms with Gasteiger partial charge in [0, 0.05) is 115 Å². The lowest BCUT2D eigenvalue weighted by molar-refractivity contribution is -0.265. The van der Waals surface area contributed by atoms with Crippen LogP contribution in [0.25, 0.3) is 0 Å². The minimum absolute atomic E-state index is 0.0253. The number of allylic oxidation sites excluding steroid dienone is 5. The van der Waals surface area contributed by atoms with Crippen molar-refractivity contribution in [3.63, 3.8) is 0 Å². The Labute approximate surface area is 489 Å². The van der Waals surface area contributed by atoms with Crippen LogP contribution in [0, 0.1) is 29.6 Å².